The maximum absolute atomic E-state index is 13.6. The second kappa shape index (κ2) is 16.6. The molecule has 272 valence electrons. The van der Waals surface area contributed by atoms with Crippen molar-refractivity contribution in [2.75, 3.05) is 56.2 Å². The monoisotopic (exact) mass is 729 g/mol. The number of hydrogen-bond acceptors (Lipinski definition) is 12. The van der Waals surface area contributed by atoms with Crippen LogP contribution in [0.25, 0.3) is 0 Å². The van der Waals surface area contributed by atoms with Crippen molar-refractivity contribution >= 4 is 45.6 Å². The fourth-order valence-electron chi connectivity index (χ4n) is 6.29. The third-order valence-electron chi connectivity index (χ3n) is 9.20. The number of carbonyl (C=O) groups is 1. The van der Waals surface area contributed by atoms with Gasteiger partial charge in [0.2, 0.25) is 0 Å². The van der Waals surface area contributed by atoms with Gasteiger partial charge in [-0.1, -0.05) is 42.5 Å². The first-order chi connectivity index (χ1) is 25.1. The summed E-state index contributed by atoms with van der Waals surface area (Å²) in [6.45, 7) is 5.13. The van der Waals surface area contributed by atoms with E-state index in [0.717, 1.165) is 43.2 Å². The largest absolute Gasteiger partial charge is 0.488 e. The Balaban J connectivity index is 1.17. The molecule has 6 rings (SSSR count). The van der Waals surface area contributed by atoms with Crippen LogP contribution in [0.15, 0.2) is 95.9 Å². The summed E-state index contributed by atoms with van der Waals surface area (Å²) in [6.07, 6.45) is 1.64. The van der Waals surface area contributed by atoms with Crippen LogP contribution in [-0.2, 0) is 21.3 Å². The fraction of sp³-hybridized carbons (Fsp3) is 0.306. The lowest BCUT2D eigenvalue weighted by atomic mass is 9.79. The third kappa shape index (κ3) is 9.26. The van der Waals surface area contributed by atoms with E-state index in [4.69, 9.17) is 9.47 Å². The average molecular weight is 730 g/mol. The first-order valence-corrected chi connectivity index (χ1v) is 18.5. The van der Waals surface area contributed by atoms with Gasteiger partial charge in [-0.05, 0) is 66.2 Å². The van der Waals surface area contributed by atoms with Crippen molar-refractivity contribution in [2.24, 2.45) is 5.92 Å². The molecule has 0 spiro atoms. The minimum atomic E-state index is -4.52. The minimum Gasteiger partial charge on any atom is -0.456 e. The van der Waals surface area contributed by atoms with Gasteiger partial charge >= 0.3 is 7.12 Å². The van der Waals surface area contributed by atoms with Crippen molar-refractivity contribution in [2.45, 2.75) is 24.3 Å². The van der Waals surface area contributed by atoms with E-state index in [1.807, 2.05) is 12.1 Å². The summed E-state index contributed by atoms with van der Waals surface area (Å²) in [6, 6.07) is 24.4. The number of para-hydroxylation sites is 1. The molecule has 0 saturated carbocycles. The quantitative estimate of drug-likeness (QED) is 0.0896. The number of nitro benzene ring substituents is 1. The molecule has 0 aromatic heterocycles. The first-order valence-electron chi connectivity index (χ1n) is 17.0. The van der Waals surface area contributed by atoms with Gasteiger partial charge in [0.25, 0.3) is 21.6 Å². The van der Waals surface area contributed by atoms with Crippen LogP contribution in [0, 0.1) is 16.0 Å². The van der Waals surface area contributed by atoms with Crippen LogP contribution in [0.3, 0.4) is 0 Å². The Morgan fingerprint density at radius 3 is 2.40 bits per heavy atom. The summed E-state index contributed by atoms with van der Waals surface area (Å²) in [5.74, 6) is -0.105. The molecule has 4 N–H and O–H groups in total. The minimum absolute atomic E-state index is 0.0370. The predicted octanol–water partition coefficient (Wildman–Crippen LogP) is 3.35. The average Bonchev–Trinajstić information content (AvgIpc) is 3.15. The fourth-order valence-corrected chi connectivity index (χ4v) is 7.28. The zero-order valence-corrected chi connectivity index (χ0v) is 29.2. The van der Waals surface area contributed by atoms with Crippen LogP contribution in [0.4, 0.5) is 17.1 Å². The Kier molecular flexibility index (Phi) is 11.7. The second-order valence-corrected chi connectivity index (χ2v) is 14.5. The summed E-state index contributed by atoms with van der Waals surface area (Å²) in [5.41, 5.74) is 1.91. The smallest absolute Gasteiger partial charge is 0.456 e. The van der Waals surface area contributed by atoms with Crippen molar-refractivity contribution in [3.05, 3.63) is 112 Å². The van der Waals surface area contributed by atoms with E-state index in [9.17, 15) is 33.4 Å². The van der Waals surface area contributed by atoms with Crippen molar-refractivity contribution in [1.29, 1.82) is 0 Å². The standard InChI is InChI=1S/C36H40BN5O9S/c43-36(39-52(48,49)31-10-12-33(34(23-31)42(46)47)38-24-26-13-19-50-20-14-26)32-11-9-29(22-35(32)51-30-7-2-1-3-8-30)41-17-15-40(16-18-41)25-27-5-4-6-28(21-27)37(44)45/h1-12,21-23,26,38,44-45H,13-20,24-25H2,(H,39,43). The lowest BCUT2D eigenvalue weighted by molar-refractivity contribution is -0.384. The Hall–Kier alpha value is -5.00. The number of carbonyl (C=O) groups excluding carboxylic acids is 1. The zero-order valence-electron chi connectivity index (χ0n) is 28.4. The van der Waals surface area contributed by atoms with E-state index in [0.29, 0.717) is 50.6 Å². The van der Waals surface area contributed by atoms with Gasteiger partial charge in [-0.2, -0.15) is 0 Å². The number of nitro groups is 1. The Morgan fingerprint density at radius 2 is 1.69 bits per heavy atom. The Labute approximate surface area is 302 Å². The van der Waals surface area contributed by atoms with Crippen molar-refractivity contribution < 1.29 is 37.7 Å². The topological polar surface area (TPSA) is 184 Å². The highest BCUT2D eigenvalue weighted by Gasteiger charge is 2.27. The summed E-state index contributed by atoms with van der Waals surface area (Å²) in [5, 5.41) is 34.1. The molecule has 52 heavy (non-hydrogen) atoms. The molecular weight excluding hydrogens is 689 g/mol. The molecule has 0 unspecified atom stereocenters. The number of nitrogens with zero attached hydrogens (tertiary/aromatic N) is 3. The molecular formula is C36H40BN5O9S. The van der Waals surface area contributed by atoms with Crippen LogP contribution in [0.5, 0.6) is 11.5 Å². The van der Waals surface area contributed by atoms with Gasteiger partial charge in [0, 0.05) is 70.3 Å². The molecule has 0 atom stereocenters. The second-order valence-electron chi connectivity index (χ2n) is 12.8. The predicted molar refractivity (Wildman–Crippen MR) is 196 cm³/mol. The SMILES string of the molecule is O=C(NS(=O)(=O)c1ccc(NCC2CCOCC2)c([N+](=O)[O-])c1)c1ccc(N2CCN(Cc3cccc(B(O)O)c3)CC2)cc1Oc1ccccc1. The van der Waals surface area contributed by atoms with Crippen LogP contribution in [0.1, 0.15) is 28.8 Å². The first kappa shape index (κ1) is 36.8. The third-order valence-corrected chi connectivity index (χ3v) is 10.5. The molecule has 2 aliphatic heterocycles. The number of rotatable bonds is 13. The van der Waals surface area contributed by atoms with E-state index in [1.165, 1.54) is 18.2 Å². The number of amides is 1. The molecule has 2 aliphatic rings. The number of hydrogen-bond donors (Lipinski definition) is 4. The van der Waals surface area contributed by atoms with E-state index >= 15 is 0 Å². The highest BCUT2D eigenvalue weighted by Crippen LogP contribution is 2.32. The van der Waals surface area contributed by atoms with Crippen molar-refractivity contribution in [3.8, 4) is 11.5 Å². The summed E-state index contributed by atoms with van der Waals surface area (Å²) in [4.78, 5) is 28.8. The van der Waals surface area contributed by atoms with Crippen molar-refractivity contribution in [1.82, 2.24) is 9.62 Å². The Morgan fingerprint density at radius 1 is 0.942 bits per heavy atom. The van der Waals surface area contributed by atoms with E-state index in [1.54, 1.807) is 54.6 Å². The van der Waals surface area contributed by atoms with Crippen molar-refractivity contribution in [3.63, 3.8) is 0 Å². The Bertz CT molecular complexity index is 1990. The molecule has 1 amide bonds. The molecule has 0 radical (unpaired) electrons. The van der Waals surface area contributed by atoms with Crippen LogP contribution >= 0.6 is 0 Å². The number of sulfonamides is 1. The number of anilines is 2. The van der Waals surface area contributed by atoms with Gasteiger partial charge in [-0.3, -0.25) is 19.8 Å². The van der Waals surface area contributed by atoms with Crippen LogP contribution < -0.4 is 25.1 Å². The lowest BCUT2D eigenvalue weighted by Gasteiger charge is -2.36. The summed E-state index contributed by atoms with van der Waals surface area (Å²) >= 11 is 0. The summed E-state index contributed by atoms with van der Waals surface area (Å²) < 4.78 is 40.4. The lowest BCUT2D eigenvalue weighted by Crippen LogP contribution is -2.46. The number of nitrogens with one attached hydrogen (secondary N) is 2. The van der Waals surface area contributed by atoms with E-state index in [-0.39, 0.29) is 22.9 Å². The van der Waals surface area contributed by atoms with Gasteiger partial charge < -0.3 is 29.7 Å². The molecule has 2 heterocycles. The normalized spacial score (nSPS) is 15.5. The van der Waals surface area contributed by atoms with Gasteiger partial charge in [0.15, 0.2) is 0 Å². The highest BCUT2D eigenvalue weighted by atomic mass is 32.2. The number of ether oxygens (including phenoxy) is 2. The molecule has 0 aliphatic carbocycles. The molecule has 2 fully saturated rings. The molecule has 2 saturated heterocycles. The number of piperazine rings is 1. The van der Waals surface area contributed by atoms with E-state index in [2.05, 4.69) is 19.8 Å². The molecule has 14 nitrogen and oxygen atoms in total. The van der Waals surface area contributed by atoms with Gasteiger partial charge in [-0.25, -0.2) is 13.1 Å². The molecule has 4 aromatic rings. The number of benzene rings is 4. The molecule has 0 bridgehead atoms. The zero-order chi connectivity index (χ0) is 36.7. The van der Waals surface area contributed by atoms with Crippen LogP contribution in [-0.4, -0.2) is 87.3 Å². The highest BCUT2D eigenvalue weighted by molar-refractivity contribution is 7.90. The van der Waals surface area contributed by atoms with Gasteiger partial charge in [0.05, 0.1) is 15.4 Å². The molecule has 4 aromatic carbocycles. The van der Waals surface area contributed by atoms with Gasteiger partial charge in [-0.15, -0.1) is 0 Å². The molecule has 16 heteroatoms. The van der Waals surface area contributed by atoms with Gasteiger partial charge in [0.1, 0.15) is 17.2 Å². The van der Waals surface area contributed by atoms with E-state index < -0.39 is 38.6 Å². The van der Waals surface area contributed by atoms with Crippen LogP contribution in [0.2, 0.25) is 0 Å². The summed E-state index contributed by atoms with van der Waals surface area (Å²) in [7, 11) is -6.05. The maximum Gasteiger partial charge on any atom is 0.488 e. The maximum atomic E-state index is 13.6.